The van der Waals surface area contributed by atoms with Crippen LogP contribution >= 0.6 is 0 Å². The van der Waals surface area contributed by atoms with Crippen LogP contribution in [0.3, 0.4) is 0 Å². The first-order valence-electron chi connectivity index (χ1n) is 3.27. The highest BCUT2D eigenvalue weighted by molar-refractivity contribution is 5.71. The summed E-state index contributed by atoms with van der Waals surface area (Å²) in [7, 11) is 1.35. The smallest absolute Gasteiger partial charge is 0.321 e. The van der Waals surface area contributed by atoms with E-state index in [-0.39, 0.29) is 12.5 Å². The highest BCUT2D eigenvalue weighted by atomic mass is 16.5. The minimum absolute atomic E-state index is 0.171. The van der Waals surface area contributed by atoms with Gasteiger partial charge >= 0.3 is 5.97 Å². The molecule has 0 radical (unpaired) electrons. The Labute approximate surface area is 60.9 Å². The van der Waals surface area contributed by atoms with E-state index in [1.165, 1.54) is 12.1 Å². The number of hydrazine groups is 1. The molecule has 0 aliphatic rings. The van der Waals surface area contributed by atoms with Crippen molar-refractivity contribution in [2.45, 2.75) is 13.3 Å². The minimum Gasteiger partial charge on any atom is -0.468 e. The zero-order chi connectivity index (χ0) is 7.98. The Hall–Kier alpha value is -0.610. The number of carbonyl (C=O) groups excluding carboxylic acids is 1. The second kappa shape index (κ2) is 5.20. The molecule has 4 heteroatoms. The molecule has 0 aromatic heterocycles. The predicted molar refractivity (Wildman–Crippen MR) is 38.1 cm³/mol. The van der Waals surface area contributed by atoms with Crippen molar-refractivity contribution in [3.05, 3.63) is 0 Å². The molecule has 0 atom stereocenters. The van der Waals surface area contributed by atoms with Crippen molar-refractivity contribution in [1.29, 1.82) is 0 Å². The number of nitrogens with zero attached hydrogens (tertiary/aromatic N) is 1. The minimum atomic E-state index is -0.295. The molecule has 60 valence electrons. The average Bonchev–Trinajstić information content (AvgIpc) is 1.88. The van der Waals surface area contributed by atoms with Crippen LogP contribution in [0, 0.1) is 0 Å². The van der Waals surface area contributed by atoms with Crippen molar-refractivity contribution in [2.75, 3.05) is 20.2 Å². The summed E-state index contributed by atoms with van der Waals surface area (Å²) in [5.41, 5.74) is 0. The fourth-order valence-electron chi connectivity index (χ4n) is 0.597. The van der Waals surface area contributed by atoms with Crippen molar-refractivity contribution in [3.63, 3.8) is 0 Å². The van der Waals surface area contributed by atoms with Crippen molar-refractivity contribution < 1.29 is 9.53 Å². The van der Waals surface area contributed by atoms with Crippen LogP contribution in [0.2, 0.25) is 0 Å². The van der Waals surface area contributed by atoms with Gasteiger partial charge in [-0.25, -0.2) is 5.01 Å². The van der Waals surface area contributed by atoms with Crippen LogP contribution in [0.4, 0.5) is 0 Å². The van der Waals surface area contributed by atoms with Gasteiger partial charge in [0.15, 0.2) is 0 Å². The molecule has 0 heterocycles. The summed E-state index contributed by atoms with van der Waals surface area (Å²) >= 11 is 0. The van der Waals surface area contributed by atoms with Gasteiger partial charge < -0.3 is 4.74 Å². The molecule has 4 nitrogen and oxygen atoms in total. The Bertz CT molecular complexity index is 106. The second-order valence-corrected chi connectivity index (χ2v) is 2.05. The summed E-state index contributed by atoms with van der Waals surface area (Å²) in [5.74, 6) is 5.10. The molecule has 0 unspecified atom stereocenters. The Morgan fingerprint density at radius 2 is 2.30 bits per heavy atom. The number of ether oxygens (including phenoxy) is 1. The van der Waals surface area contributed by atoms with E-state index in [0.717, 1.165) is 13.0 Å². The molecule has 0 aromatic carbocycles. The summed E-state index contributed by atoms with van der Waals surface area (Å²) in [6.07, 6.45) is 0.938. The third kappa shape index (κ3) is 4.29. The number of rotatable bonds is 4. The number of carbonyl (C=O) groups is 1. The molecule has 0 saturated heterocycles. The lowest BCUT2D eigenvalue weighted by Gasteiger charge is -2.12. The van der Waals surface area contributed by atoms with E-state index in [4.69, 9.17) is 5.84 Å². The molecular weight excluding hydrogens is 132 g/mol. The molecule has 0 fully saturated rings. The van der Waals surface area contributed by atoms with Gasteiger partial charge in [-0.05, 0) is 6.42 Å². The normalized spacial score (nSPS) is 10.0. The van der Waals surface area contributed by atoms with Crippen molar-refractivity contribution in [1.82, 2.24) is 5.01 Å². The van der Waals surface area contributed by atoms with E-state index >= 15 is 0 Å². The standard InChI is InChI=1S/C6H14N2O2/c1-3-4-8(7)5-6(9)10-2/h3-5,7H2,1-2H3. The van der Waals surface area contributed by atoms with Crippen LogP contribution < -0.4 is 5.84 Å². The molecule has 0 amide bonds. The molecule has 10 heavy (non-hydrogen) atoms. The SMILES string of the molecule is CCCN(N)CC(=O)OC. The third-order valence-electron chi connectivity index (χ3n) is 1.07. The molecule has 0 rings (SSSR count). The van der Waals surface area contributed by atoms with Gasteiger partial charge in [0.1, 0.15) is 6.54 Å². The first kappa shape index (κ1) is 9.39. The quantitative estimate of drug-likeness (QED) is 0.337. The van der Waals surface area contributed by atoms with Gasteiger partial charge in [-0.1, -0.05) is 6.92 Å². The molecule has 0 aliphatic heterocycles. The summed E-state index contributed by atoms with van der Waals surface area (Å²) in [4.78, 5) is 10.6. The van der Waals surface area contributed by atoms with Crippen LogP contribution in [-0.2, 0) is 9.53 Å². The molecule has 2 N–H and O–H groups in total. The van der Waals surface area contributed by atoms with E-state index in [2.05, 4.69) is 4.74 Å². The molecule has 0 bridgehead atoms. The van der Waals surface area contributed by atoms with Crippen LogP contribution in [0.1, 0.15) is 13.3 Å². The van der Waals surface area contributed by atoms with Crippen LogP contribution in [0.5, 0.6) is 0 Å². The molecule has 0 aliphatic carbocycles. The van der Waals surface area contributed by atoms with Gasteiger partial charge in [0.25, 0.3) is 0 Å². The average molecular weight is 146 g/mol. The molecular formula is C6H14N2O2. The number of hydrogen-bond donors (Lipinski definition) is 1. The van der Waals surface area contributed by atoms with E-state index in [9.17, 15) is 4.79 Å². The molecule has 0 saturated carbocycles. The Morgan fingerprint density at radius 3 is 2.70 bits per heavy atom. The highest BCUT2D eigenvalue weighted by Gasteiger charge is 2.03. The third-order valence-corrected chi connectivity index (χ3v) is 1.07. The first-order valence-corrected chi connectivity index (χ1v) is 3.27. The van der Waals surface area contributed by atoms with E-state index < -0.39 is 0 Å². The second-order valence-electron chi connectivity index (χ2n) is 2.05. The van der Waals surface area contributed by atoms with Crippen molar-refractivity contribution >= 4 is 5.97 Å². The Balaban J connectivity index is 3.37. The maximum Gasteiger partial charge on any atom is 0.321 e. The molecule has 0 aromatic rings. The summed E-state index contributed by atoms with van der Waals surface area (Å²) in [6.45, 7) is 2.89. The van der Waals surface area contributed by atoms with E-state index in [1.807, 2.05) is 6.92 Å². The monoisotopic (exact) mass is 146 g/mol. The van der Waals surface area contributed by atoms with Gasteiger partial charge in [-0.15, -0.1) is 0 Å². The molecule has 0 spiro atoms. The van der Waals surface area contributed by atoms with Gasteiger partial charge in [0.2, 0.25) is 0 Å². The zero-order valence-electron chi connectivity index (χ0n) is 6.46. The summed E-state index contributed by atoms with van der Waals surface area (Å²) < 4.78 is 4.41. The topological polar surface area (TPSA) is 55.6 Å². The van der Waals surface area contributed by atoms with Gasteiger partial charge in [-0.2, -0.15) is 0 Å². The summed E-state index contributed by atoms with van der Waals surface area (Å²) in [5, 5.41) is 1.44. The van der Waals surface area contributed by atoms with Gasteiger partial charge in [-0.3, -0.25) is 10.6 Å². The first-order chi connectivity index (χ1) is 4.70. The Morgan fingerprint density at radius 1 is 1.70 bits per heavy atom. The zero-order valence-corrected chi connectivity index (χ0v) is 6.46. The van der Waals surface area contributed by atoms with Crippen LogP contribution in [0.15, 0.2) is 0 Å². The predicted octanol–water partition coefficient (Wildman–Crippen LogP) is -0.255. The van der Waals surface area contributed by atoms with Gasteiger partial charge in [0, 0.05) is 6.54 Å². The van der Waals surface area contributed by atoms with Crippen LogP contribution in [0.25, 0.3) is 0 Å². The van der Waals surface area contributed by atoms with Crippen LogP contribution in [-0.4, -0.2) is 31.2 Å². The fourth-order valence-corrected chi connectivity index (χ4v) is 0.597. The fraction of sp³-hybridized carbons (Fsp3) is 0.833. The van der Waals surface area contributed by atoms with E-state index in [0.29, 0.717) is 0 Å². The lowest BCUT2D eigenvalue weighted by atomic mass is 10.4. The van der Waals surface area contributed by atoms with Crippen molar-refractivity contribution in [2.24, 2.45) is 5.84 Å². The maximum atomic E-state index is 10.6. The number of methoxy groups -OCH3 is 1. The highest BCUT2D eigenvalue weighted by Crippen LogP contribution is 1.83. The lowest BCUT2D eigenvalue weighted by Crippen LogP contribution is -2.36. The number of nitrogens with two attached hydrogens (primary N) is 1. The lowest BCUT2D eigenvalue weighted by molar-refractivity contribution is -0.141. The Kier molecular flexibility index (Phi) is 4.88. The largest absolute Gasteiger partial charge is 0.468 e. The van der Waals surface area contributed by atoms with E-state index in [1.54, 1.807) is 0 Å². The van der Waals surface area contributed by atoms with Crippen molar-refractivity contribution in [3.8, 4) is 0 Å². The number of esters is 1. The summed E-state index contributed by atoms with van der Waals surface area (Å²) in [6, 6.07) is 0. The maximum absolute atomic E-state index is 10.6. The van der Waals surface area contributed by atoms with Gasteiger partial charge in [0.05, 0.1) is 7.11 Å². The number of hydrogen-bond acceptors (Lipinski definition) is 4.